The zero-order valence-electron chi connectivity index (χ0n) is 16.2. The van der Waals surface area contributed by atoms with E-state index in [0.29, 0.717) is 25.2 Å². The lowest BCUT2D eigenvalue weighted by molar-refractivity contribution is -0.00253. The zero-order valence-corrected chi connectivity index (χ0v) is 16.2. The third-order valence-electron chi connectivity index (χ3n) is 7.14. The van der Waals surface area contributed by atoms with E-state index in [4.69, 9.17) is 4.74 Å². The highest BCUT2D eigenvalue weighted by molar-refractivity contribution is 5.42. The Morgan fingerprint density at radius 1 is 1.28 bits per heavy atom. The van der Waals surface area contributed by atoms with Gasteiger partial charge in [0.15, 0.2) is 0 Å². The predicted molar refractivity (Wildman–Crippen MR) is 98.0 cm³/mol. The normalized spacial score (nSPS) is 44.4. The van der Waals surface area contributed by atoms with E-state index in [0.717, 1.165) is 12.0 Å². The van der Waals surface area contributed by atoms with Crippen molar-refractivity contribution < 1.29 is 20.1 Å². The summed E-state index contributed by atoms with van der Waals surface area (Å²) in [7, 11) is 1.61. The first-order valence-electron chi connectivity index (χ1n) is 9.67. The van der Waals surface area contributed by atoms with E-state index in [-0.39, 0.29) is 18.4 Å². The van der Waals surface area contributed by atoms with E-state index < -0.39 is 23.2 Å². The Kier molecular flexibility index (Phi) is 4.95. The van der Waals surface area contributed by atoms with Crippen LogP contribution in [0.2, 0.25) is 0 Å². The van der Waals surface area contributed by atoms with Gasteiger partial charge in [-0.15, -0.1) is 0 Å². The summed E-state index contributed by atoms with van der Waals surface area (Å²) in [6.45, 7) is 8.73. The van der Waals surface area contributed by atoms with Gasteiger partial charge < -0.3 is 20.1 Å². The summed E-state index contributed by atoms with van der Waals surface area (Å²) in [5.74, 6) is 0.577. The zero-order chi connectivity index (χ0) is 18.6. The SMILES string of the molecule is COC[C@@]1(O)CC[C@@H]2C1=C[C@]1(C)C(=C(C(C)C)C[C@H]1O)C[C@H](O)[C@@H]2C. The van der Waals surface area contributed by atoms with Crippen molar-refractivity contribution in [3.8, 4) is 0 Å². The quantitative estimate of drug-likeness (QED) is 0.685. The topological polar surface area (TPSA) is 69.9 Å². The van der Waals surface area contributed by atoms with Crippen molar-refractivity contribution >= 4 is 0 Å². The summed E-state index contributed by atoms with van der Waals surface area (Å²) >= 11 is 0. The first-order valence-corrected chi connectivity index (χ1v) is 9.67. The lowest BCUT2D eigenvalue weighted by Crippen LogP contribution is -2.40. The van der Waals surface area contributed by atoms with Crippen LogP contribution in [0, 0.1) is 23.2 Å². The molecule has 0 unspecified atom stereocenters. The third kappa shape index (κ3) is 2.91. The van der Waals surface area contributed by atoms with Gasteiger partial charge in [-0.1, -0.05) is 38.0 Å². The van der Waals surface area contributed by atoms with E-state index in [1.54, 1.807) is 7.11 Å². The molecule has 4 heteroatoms. The Hall–Kier alpha value is -0.680. The maximum Gasteiger partial charge on any atom is 0.109 e. The fraction of sp³-hybridized carbons (Fsp3) is 0.810. The maximum atomic E-state index is 11.2. The van der Waals surface area contributed by atoms with E-state index >= 15 is 0 Å². The van der Waals surface area contributed by atoms with Gasteiger partial charge in [-0.25, -0.2) is 0 Å². The molecular weight excluding hydrogens is 316 g/mol. The van der Waals surface area contributed by atoms with E-state index in [2.05, 4.69) is 33.8 Å². The molecule has 1 saturated carbocycles. The molecule has 0 saturated heterocycles. The summed E-state index contributed by atoms with van der Waals surface area (Å²) in [5.41, 5.74) is 1.90. The van der Waals surface area contributed by atoms with Gasteiger partial charge in [0, 0.05) is 12.5 Å². The number of hydrogen-bond acceptors (Lipinski definition) is 4. The molecule has 0 heterocycles. The molecule has 25 heavy (non-hydrogen) atoms. The molecule has 0 aromatic carbocycles. The Morgan fingerprint density at radius 2 is 1.96 bits per heavy atom. The van der Waals surface area contributed by atoms with Crippen LogP contribution in [0.25, 0.3) is 0 Å². The molecule has 3 aliphatic carbocycles. The van der Waals surface area contributed by atoms with Gasteiger partial charge in [0.2, 0.25) is 0 Å². The lowest BCUT2D eigenvalue weighted by Gasteiger charge is -2.39. The molecule has 142 valence electrons. The van der Waals surface area contributed by atoms with Gasteiger partial charge in [-0.3, -0.25) is 0 Å². The van der Waals surface area contributed by atoms with Crippen LogP contribution in [0.1, 0.15) is 53.4 Å². The number of rotatable bonds is 3. The summed E-state index contributed by atoms with van der Waals surface area (Å²) in [6.07, 6.45) is 3.96. The van der Waals surface area contributed by atoms with Crippen molar-refractivity contribution in [1.29, 1.82) is 0 Å². The fourth-order valence-electron chi connectivity index (χ4n) is 5.42. The second kappa shape index (κ2) is 6.49. The molecule has 1 fully saturated rings. The van der Waals surface area contributed by atoms with Crippen LogP contribution >= 0.6 is 0 Å². The minimum absolute atomic E-state index is 0.0836. The minimum Gasteiger partial charge on any atom is -0.392 e. The minimum atomic E-state index is -0.987. The molecule has 4 nitrogen and oxygen atoms in total. The first kappa shape index (κ1) is 19.1. The second-order valence-corrected chi connectivity index (χ2v) is 9.00. The molecule has 0 aromatic heterocycles. The Labute approximate surface area is 151 Å². The van der Waals surface area contributed by atoms with Crippen molar-refractivity contribution in [1.82, 2.24) is 0 Å². The van der Waals surface area contributed by atoms with Gasteiger partial charge in [-0.05, 0) is 55.9 Å². The third-order valence-corrected chi connectivity index (χ3v) is 7.14. The highest BCUT2D eigenvalue weighted by atomic mass is 16.5. The molecule has 0 aliphatic heterocycles. The van der Waals surface area contributed by atoms with Crippen LogP contribution in [0.5, 0.6) is 0 Å². The highest BCUT2D eigenvalue weighted by Crippen LogP contribution is 2.55. The second-order valence-electron chi connectivity index (χ2n) is 9.00. The molecule has 3 aliphatic rings. The average molecular weight is 350 g/mol. The van der Waals surface area contributed by atoms with Gasteiger partial charge in [-0.2, -0.15) is 0 Å². The molecule has 6 atom stereocenters. The first-order chi connectivity index (χ1) is 11.6. The predicted octanol–water partition coefficient (Wildman–Crippen LogP) is 2.82. The van der Waals surface area contributed by atoms with Crippen LogP contribution in [0.4, 0.5) is 0 Å². The average Bonchev–Trinajstić information content (AvgIpc) is 2.96. The standard InChI is InChI=1S/C21H34O4/c1-12(2)15-8-19(23)20(4)10-17-14(6-7-21(17,24)11-25-5)13(3)18(22)9-16(15)20/h10,12-14,18-19,22-24H,6-9,11H2,1-5H3/t13-,14+,18+,19-,20-,21+/m1/s1. The Morgan fingerprint density at radius 3 is 2.56 bits per heavy atom. The molecule has 0 bridgehead atoms. The van der Waals surface area contributed by atoms with E-state index in [1.807, 2.05) is 0 Å². The number of hydrogen-bond donors (Lipinski definition) is 3. The molecule has 0 spiro atoms. The van der Waals surface area contributed by atoms with Crippen molar-refractivity contribution in [3.63, 3.8) is 0 Å². The number of aliphatic hydroxyl groups excluding tert-OH is 2. The molecule has 0 radical (unpaired) electrons. The summed E-state index contributed by atoms with van der Waals surface area (Å²) in [5, 5.41) is 33.1. The summed E-state index contributed by atoms with van der Waals surface area (Å²) in [6, 6.07) is 0. The maximum absolute atomic E-state index is 11.2. The summed E-state index contributed by atoms with van der Waals surface area (Å²) in [4.78, 5) is 0. The van der Waals surface area contributed by atoms with E-state index in [1.165, 1.54) is 11.1 Å². The van der Waals surface area contributed by atoms with Gasteiger partial charge >= 0.3 is 0 Å². The van der Waals surface area contributed by atoms with Crippen LogP contribution in [-0.2, 0) is 4.74 Å². The Bertz CT molecular complexity index is 593. The van der Waals surface area contributed by atoms with Crippen molar-refractivity contribution in [2.24, 2.45) is 23.2 Å². The van der Waals surface area contributed by atoms with Crippen molar-refractivity contribution in [2.45, 2.75) is 71.2 Å². The molecule has 0 amide bonds. The molecule has 3 N–H and O–H groups in total. The Balaban J connectivity index is 2.17. The van der Waals surface area contributed by atoms with Crippen LogP contribution in [-0.4, -0.2) is 46.8 Å². The highest BCUT2D eigenvalue weighted by Gasteiger charge is 2.52. The van der Waals surface area contributed by atoms with Gasteiger partial charge in [0.05, 0.1) is 18.8 Å². The number of methoxy groups -OCH3 is 1. The van der Waals surface area contributed by atoms with Crippen LogP contribution in [0.15, 0.2) is 22.8 Å². The largest absolute Gasteiger partial charge is 0.392 e. The van der Waals surface area contributed by atoms with Crippen LogP contribution in [0.3, 0.4) is 0 Å². The monoisotopic (exact) mass is 350 g/mol. The number of fused-ring (bicyclic) bond motifs is 2. The fourth-order valence-corrected chi connectivity index (χ4v) is 5.42. The van der Waals surface area contributed by atoms with Crippen molar-refractivity contribution in [2.75, 3.05) is 13.7 Å². The van der Waals surface area contributed by atoms with E-state index in [9.17, 15) is 15.3 Å². The van der Waals surface area contributed by atoms with Crippen molar-refractivity contribution in [3.05, 3.63) is 22.8 Å². The molecule has 3 rings (SSSR count). The molecule has 0 aromatic rings. The van der Waals surface area contributed by atoms with Gasteiger partial charge in [0.1, 0.15) is 5.60 Å². The number of aliphatic hydroxyl groups is 3. The lowest BCUT2D eigenvalue weighted by atomic mass is 9.68. The van der Waals surface area contributed by atoms with Gasteiger partial charge in [0.25, 0.3) is 0 Å². The summed E-state index contributed by atoms with van der Waals surface area (Å²) < 4.78 is 5.31. The molecular formula is C21H34O4. The smallest absolute Gasteiger partial charge is 0.109 e. The number of ether oxygens (including phenoxy) is 1. The van der Waals surface area contributed by atoms with Crippen LogP contribution < -0.4 is 0 Å².